The lowest BCUT2D eigenvalue weighted by atomic mass is 9.99. The summed E-state index contributed by atoms with van der Waals surface area (Å²) in [6, 6.07) is 0. The van der Waals surface area contributed by atoms with Gasteiger partial charge in [-0.05, 0) is 38.8 Å². The molecule has 0 fully saturated rings. The van der Waals surface area contributed by atoms with Crippen LogP contribution in [0, 0.1) is 6.92 Å². The Morgan fingerprint density at radius 2 is 2.10 bits per heavy atom. The third-order valence-corrected chi connectivity index (χ3v) is 3.87. The highest BCUT2D eigenvalue weighted by molar-refractivity contribution is 7.99. The van der Waals surface area contributed by atoms with Crippen LogP contribution in [0.25, 0.3) is 0 Å². The molecular weight excluding hydrogens is 274 g/mol. The van der Waals surface area contributed by atoms with Gasteiger partial charge in [0.05, 0.1) is 7.11 Å². The molecule has 0 radical (unpaired) electrons. The average Bonchev–Trinajstić information content (AvgIpc) is 2.46. The number of aromatic nitrogens is 2. The molecule has 1 aromatic rings. The molecule has 0 aliphatic carbocycles. The first-order valence-corrected chi connectivity index (χ1v) is 7.75. The number of nitrogens with zero attached hydrogens (tertiary/aromatic N) is 2. The second kappa shape index (κ2) is 8.21. The van der Waals surface area contributed by atoms with Crippen LogP contribution in [0.5, 0.6) is 0 Å². The first-order valence-electron chi connectivity index (χ1n) is 6.76. The van der Waals surface area contributed by atoms with Crippen molar-refractivity contribution < 1.29 is 9.53 Å². The highest BCUT2D eigenvalue weighted by Crippen LogP contribution is 2.20. The minimum Gasteiger partial charge on any atom is -0.468 e. The molecule has 0 amide bonds. The van der Waals surface area contributed by atoms with Gasteiger partial charge in [0.1, 0.15) is 5.54 Å². The number of aryl methyl sites for hydroxylation is 1. The van der Waals surface area contributed by atoms with Crippen molar-refractivity contribution in [1.29, 1.82) is 0 Å². The molecule has 1 atom stereocenters. The maximum atomic E-state index is 11.9. The van der Waals surface area contributed by atoms with E-state index < -0.39 is 5.54 Å². The van der Waals surface area contributed by atoms with Crippen molar-refractivity contribution in [3.05, 3.63) is 18.0 Å². The van der Waals surface area contributed by atoms with Gasteiger partial charge in [-0.15, -0.1) is 0 Å². The van der Waals surface area contributed by atoms with Gasteiger partial charge in [-0.2, -0.15) is 0 Å². The zero-order valence-electron chi connectivity index (χ0n) is 12.6. The highest BCUT2D eigenvalue weighted by Gasteiger charge is 2.33. The first-order chi connectivity index (χ1) is 9.51. The topological polar surface area (TPSA) is 64.1 Å². The average molecular weight is 297 g/mol. The van der Waals surface area contributed by atoms with Gasteiger partial charge in [0.25, 0.3) is 0 Å². The summed E-state index contributed by atoms with van der Waals surface area (Å²) in [7, 11) is 1.42. The molecule has 1 heterocycles. The van der Waals surface area contributed by atoms with Crippen molar-refractivity contribution in [3.63, 3.8) is 0 Å². The summed E-state index contributed by atoms with van der Waals surface area (Å²) in [6.45, 7) is 6.69. The Hall–Kier alpha value is -1.14. The molecule has 0 aliphatic rings. The van der Waals surface area contributed by atoms with E-state index in [-0.39, 0.29) is 5.97 Å². The molecule has 112 valence electrons. The normalized spacial score (nSPS) is 13.8. The number of methoxy groups -OCH3 is 1. The third kappa shape index (κ3) is 5.09. The zero-order valence-corrected chi connectivity index (χ0v) is 13.4. The summed E-state index contributed by atoms with van der Waals surface area (Å²) < 4.78 is 4.89. The number of carbonyl (C=O) groups excluding carboxylic acids is 1. The van der Waals surface area contributed by atoms with Gasteiger partial charge >= 0.3 is 5.97 Å². The van der Waals surface area contributed by atoms with Crippen LogP contribution in [0.3, 0.4) is 0 Å². The van der Waals surface area contributed by atoms with Crippen LogP contribution in [0.15, 0.2) is 17.6 Å². The van der Waals surface area contributed by atoms with E-state index in [0.29, 0.717) is 6.42 Å². The van der Waals surface area contributed by atoms with Gasteiger partial charge in [-0.1, -0.05) is 18.7 Å². The van der Waals surface area contributed by atoms with Crippen molar-refractivity contribution in [1.82, 2.24) is 15.3 Å². The predicted octanol–water partition coefficient (Wildman–Crippen LogP) is 2.20. The first kappa shape index (κ1) is 16.9. The number of hydrogen-bond donors (Lipinski definition) is 1. The Labute approximate surface area is 124 Å². The predicted molar refractivity (Wildman–Crippen MR) is 80.8 cm³/mol. The summed E-state index contributed by atoms with van der Waals surface area (Å²) in [5.41, 5.74) is 0.390. The number of thioether (sulfide) groups is 1. The molecule has 1 rings (SSSR count). The molecule has 0 spiro atoms. The monoisotopic (exact) mass is 297 g/mol. The van der Waals surface area contributed by atoms with Gasteiger partial charge in [0.2, 0.25) is 0 Å². The summed E-state index contributed by atoms with van der Waals surface area (Å²) >= 11 is 1.55. The summed E-state index contributed by atoms with van der Waals surface area (Å²) in [6.07, 6.45) is 5.23. The molecule has 1 unspecified atom stereocenters. The van der Waals surface area contributed by atoms with E-state index in [9.17, 15) is 4.79 Å². The Kier molecular flexibility index (Phi) is 6.95. The third-order valence-electron chi connectivity index (χ3n) is 2.99. The van der Waals surface area contributed by atoms with Crippen molar-refractivity contribution in [3.8, 4) is 0 Å². The number of nitrogens with one attached hydrogen (secondary N) is 1. The number of ether oxygens (including phenoxy) is 1. The van der Waals surface area contributed by atoms with Crippen LogP contribution in [0.2, 0.25) is 0 Å². The maximum absolute atomic E-state index is 11.9. The van der Waals surface area contributed by atoms with Gasteiger partial charge in [-0.3, -0.25) is 4.79 Å². The molecule has 0 aliphatic heterocycles. The fourth-order valence-corrected chi connectivity index (χ4v) is 2.64. The van der Waals surface area contributed by atoms with Crippen LogP contribution in [-0.2, 0) is 9.53 Å². The van der Waals surface area contributed by atoms with Gasteiger partial charge < -0.3 is 10.1 Å². The van der Waals surface area contributed by atoms with E-state index in [2.05, 4.69) is 22.2 Å². The summed E-state index contributed by atoms with van der Waals surface area (Å²) in [5.74, 6) is 0.530. The fourth-order valence-electron chi connectivity index (χ4n) is 1.69. The molecule has 0 saturated heterocycles. The van der Waals surface area contributed by atoms with Crippen LogP contribution in [0.1, 0.15) is 32.3 Å². The van der Waals surface area contributed by atoms with Crippen molar-refractivity contribution >= 4 is 17.7 Å². The van der Waals surface area contributed by atoms with Crippen LogP contribution < -0.4 is 5.32 Å². The lowest BCUT2D eigenvalue weighted by Crippen LogP contribution is -2.50. The number of carbonyl (C=O) groups is 1. The van der Waals surface area contributed by atoms with Crippen LogP contribution in [0.4, 0.5) is 0 Å². The second-order valence-electron chi connectivity index (χ2n) is 4.89. The van der Waals surface area contributed by atoms with Crippen molar-refractivity contribution in [2.45, 2.75) is 44.3 Å². The minimum atomic E-state index is -0.650. The highest BCUT2D eigenvalue weighted by atomic mass is 32.2. The number of esters is 1. The van der Waals surface area contributed by atoms with Crippen molar-refractivity contribution in [2.75, 3.05) is 19.4 Å². The minimum absolute atomic E-state index is 0.226. The van der Waals surface area contributed by atoms with E-state index >= 15 is 0 Å². The number of hydrogen-bond acceptors (Lipinski definition) is 6. The van der Waals surface area contributed by atoms with Gasteiger partial charge in [0.15, 0.2) is 5.16 Å². The Morgan fingerprint density at radius 1 is 1.45 bits per heavy atom. The Morgan fingerprint density at radius 3 is 2.65 bits per heavy atom. The molecule has 5 nitrogen and oxygen atoms in total. The van der Waals surface area contributed by atoms with Gasteiger partial charge in [0, 0.05) is 18.1 Å². The van der Waals surface area contributed by atoms with E-state index in [0.717, 1.165) is 29.4 Å². The Bertz CT molecular complexity index is 425. The molecule has 0 saturated carbocycles. The molecule has 6 heteroatoms. The lowest BCUT2D eigenvalue weighted by Gasteiger charge is -2.27. The SMILES string of the molecule is CCCNC(C)(CCSc1ncc(C)cn1)C(=O)OC. The van der Waals surface area contributed by atoms with Gasteiger partial charge in [-0.25, -0.2) is 9.97 Å². The molecular formula is C14H23N3O2S. The van der Waals surface area contributed by atoms with E-state index in [4.69, 9.17) is 4.74 Å². The molecule has 0 aromatic carbocycles. The largest absolute Gasteiger partial charge is 0.468 e. The zero-order chi connectivity index (χ0) is 15.0. The Balaban J connectivity index is 2.53. The van der Waals surface area contributed by atoms with Crippen molar-refractivity contribution in [2.24, 2.45) is 0 Å². The van der Waals surface area contributed by atoms with E-state index in [1.807, 2.05) is 13.8 Å². The second-order valence-corrected chi connectivity index (χ2v) is 5.95. The maximum Gasteiger partial charge on any atom is 0.325 e. The number of rotatable bonds is 8. The molecule has 1 N–H and O–H groups in total. The molecule has 0 bridgehead atoms. The van der Waals surface area contributed by atoms with E-state index in [1.54, 1.807) is 24.2 Å². The van der Waals surface area contributed by atoms with Crippen LogP contribution in [-0.4, -0.2) is 40.9 Å². The molecule has 1 aromatic heterocycles. The summed E-state index contributed by atoms with van der Waals surface area (Å²) in [4.78, 5) is 20.4. The smallest absolute Gasteiger partial charge is 0.325 e. The summed E-state index contributed by atoms with van der Waals surface area (Å²) in [5, 5.41) is 4.00. The fraction of sp³-hybridized carbons (Fsp3) is 0.643. The lowest BCUT2D eigenvalue weighted by molar-refractivity contribution is -0.148. The van der Waals surface area contributed by atoms with Crippen LogP contribution >= 0.6 is 11.8 Å². The quantitative estimate of drug-likeness (QED) is 0.451. The standard InChI is InChI=1S/C14H23N3O2S/c1-5-7-17-14(3,12(18)19-4)6-8-20-13-15-9-11(2)10-16-13/h9-10,17H,5-8H2,1-4H3. The molecule has 20 heavy (non-hydrogen) atoms. The van der Waals surface area contributed by atoms with E-state index in [1.165, 1.54) is 7.11 Å².